The van der Waals surface area contributed by atoms with Crippen LogP contribution in [-0.4, -0.2) is 64.7 Å². The molecule has 1 amide bonds. The molecule has 0 radical (unpaired) electrons. The van der Waals surface area contributed by atoms with Gasteiger partial charge in [-0.3, -0.25) is 4.79 Å². The zero-order chi connectivity index (χ0) is 19.6. The lowest BCUT2D eigenvalue weighted by atomic mass is 10.1. The third-order valence-corrected chi connectivity index (χ3v) is 5.19. The highest BCUT2D eigenvalue weighted by molar-refractivity contribution is 5.98. The Morgan fingerprint density at radius 2 is 1.66 bits per heavy atom. The molecule has 0 saturated carbocycles. The van der Waals surface area contributed by atoms with Gasteiger partial charge in [-0.1, -0.05) is 6.07 Å². The fourth-order valence-corrected chi connectivity index (χ4v) is 3.69. The summed E-state index contributed by atoms with van der Waals surface area (Å²) < 4.78 is 13.3. The van der Waals surface area contributed by atoms with Gasteiger partial charge in [0.15, 0.2) is 11.5 Å². The third kappa shape index (κ3) is 3.37. The van der Waals surface area contributed by atoms with Crippen molar-refractivity contribution in [2.45, 2.75) is 0 Å². The number of para-hydroxylation sites is 1. The molecular weight excluding hydrogens is 370 g/mol. The van der Waals surface area contributed by atoms with E-state index in [2.05, 4.69) is 14.9 Å². The van der Waals surface area contributed by atoms with Crippen molar-refractivity contribution >= 4 is 11.7 Å². The van der Waals surface area contributed by atoms with Crippen LogP contribution < -0.4 is 14.4 Å². The molecule has 1 aromatic carbocycles. The number of hydrogen-bond donors (Lipinski definition) is 0. The molecule has 8 nitrogen and oxygen atoms in total. The molecule has 3 aromatic rings. The van der Waals surface area contributed by atoms with Crippen LogP contribution in [0, 0.1) is 0 Å². The summed E-state index contributed by atoms with van der Waals surface area (Å²) in [4.78, 5) is 25.9. The lowest BCUT2D eigenvalue weighted by molar-refractivity contribution is 0.0736. The highest BCUT2D eigenvalue weighted by Gasteiger charge is 2.27. The van der Waals surface area contributed by atoms with Gasteiger partial charge in [0.25, 0.3) is 5.91 Å². The van der Waals surface area contributed by atoms with Gasteiger partial charge < -0.3 is 23.8 Å². The van der Waals surface area contributed by atoms with Crippen molar-refractivity contribution in [3.05, 3.63) is 60.7 Å². The first-order valence-corrected chi connectivity index (χ1v) is 9.68. The van der Waals surface area contributed by atoms with Crippen LogP contribution in [0.1, 0.15) is 10.4 Å². The topological polar surface area (TPSA) is 72.7 Å². The van der Waals surface area contributed by atoms with Gasteiger partial charge in [-0.2, -0.15) is 0 Å². The van der Waals surface area contributed by atoms with E-state index in [0.29, 0.717) is 56.5 Å². The van der Waals surface area contributed by atoms with Crippen LogP contribution in [-0.2, 0) is 0 Å². The number of carbonyl (C=O) groups is 1. The van der Waals surface area contributed by atoms with Crippen LogP contribution in [0.2, 0.25) is 0 Å². The molecule has 2 aliphatic rings. The molecule has 29 heavy (non-hydrogen) atoms. The quantitative estimate of drug-likeness (QED) is 0.680. The molecule has 5 rings (SSSR count). The number of amides is 1. The zero-order valence-corrected chi connectivity index (χ0v) is 15.9. The van der Waals surface area contributed by atoms with Crippen LogP contribution in [0.4, 0.5) is 5.82 Å². The van der Waals surface area contributed by atoms with E-state index in [1.54, 1.807) is 12.4 Å². The minimum absolute atomic E-state index is 0.0253. The minimum atomic E-state index is -0.0253. The fraction of sp³-hybridized carbons (Fsp3) is 0.286. The number of anilines is 1. The SMILES string of the molecule is O=C(c1cccc2c1OCCO2)N1CCN(c2cc(-n3cccc3)ncn2)CC1. The first-order valence-electron chi connectivity index (χ1n) is 9.68. The van der Waals surface area contributed by atoms with Crippen molar-refractivity contribution < 1.29 is 14.3 Å². The van der Waals surface area contributed by atoms with Gasteiger partial charge in [0.05, 0.1) is 5.56 Å². The van der Waals surface area contributed by atoms with Gasteiger partial charge in [0.2, 0.25) is 0 Å². The highest BCUT2D eigenvalue weighted by atomic mass is 16.6. The summed E-state index contributed by atoms with van der Waals surface area (Å²) in [5, 5.41) is 0. The summed E-state index contributed by atoms with van der Waals surface area (Å²) in [6.45, 7) is 3.62. The van der Waals surface area contributed by atoms with E-state index in [4.69, 9.17) is 9.47 Å². The Morgan fingerprint density at radius 3 is 2.48 bits per heavy atom. The smallest absolute Gasteiger partial charge is 0.257 e. The van der Waals surface area contributed by atoms with Crippen molar-refractivity contribution in [1.29, 1.82) is 0 Å². The molecule has 2 aliphatic heterocycles. The van der Waals surface area contributed by atoms with E-state index < -0.39 is 0 Å². The summed E-state index contributed by atoms with van der Waals surface area (Å²) in [6, 6.07) is 11.4. The molecule has 0 aliphatic carbocycles. The maximum Gasteiger partial charge on any atom is 0.257 e. The van der Waals surface area contributed by atoms with E-state index in [9.17, 15) is 4.79 Å². The number of rotatable bonds is 3. The van der Waals surface area contributed by atoms with Gasteiger partial charge >= 0.3 is 0 Å². The first-order chi connectivity index (χ1) is 14.3. The van der Waals surface area contributed by atoms with Gasteiger partial charge in [0.1, 0.15) is 31.2 Å². The largest absolute Gasteiger partial charge is 0.486 e. The highest BCUT2D eigenvalue weighted by Crippen LogP contribution is 2.34. The molecule has 0 N–H and O–H groups in total. The van der Waals surface area contributed by atoms with Crippen molar-refractivity contribution in [1.82, 2.24) is 19.4 Å². The average molecular weight is 391 g/mol. The molecule has 4 heterocycles. The second-order valence-corrected chi connectivity index (χ2v) is 6.93. The molecule has 0 bridgehead atoms. The Bertz CT molecular complexity index is 1010. The number of hydrogen-bond acceptors (Lipinski definition) is 6. The number of ether oxygens (including phenoxy) is 2. The van der Waals surface area contributed by atoms with Gasteiger partial charge in [-0.05, 0) is 24.3 Å². The summed E-state index contributed by atoms with van der Waals surface area (Å²) in [5.41, 5.74) is 0.563. The maximum atomic E-state index is 13.1. The number of carbonyl (C=O) groups excluding carboxylic acids is 1. The molecule has 148 valence electrons. The first kappa shape index (κ1) is 17.5. The summed E-state index contributed by atoms with van der Waals surface area (Å²) >= 11 is 0. The Morgan fingerprint density at radius 1 is 0.897 bits per heavy atom. The fourth-order valence-electron chi connectivity index (χ4n) is 3.69. The third-order valence-electron chi connectivity index (χ3n) is 5.19. The lowest BCUT2D eigenvalue weighted by Crippen LogP contribution is -2.49. The molecule has 0 unspecified atom stereocenters. The number of nitrogens with zero attached hydrogens (tertiary/aromatic N) is 5. The van der Waals surface area contributed by atoms with E-state index in [0.717, 1.165) is 11.6 Å². The Hall–Kier alpha value is -3.55. The minimum Gasteiger partial charge on any atom is -0.486 e. The summed E-state index contributed by atoms with van der Waals surface area (Å²) in [6.07, 6.45) is 5.49. The van der Waals surface area contributed by atoms with Crippen molar-refractivity contribution in [2.24, 2.45) is 0 Å². The Kier molecular flexibility index (Phi) is 4.51. The second kappa shape index (κ2) is 7.46. The maximum absolute atomic E-state index is 13.1. The summed E-state index contributed by atoms with van der Waals surface area (Å²) in [5.74, 6) is 2.86. The average Bonchev–Trinajstić information content (AvgIpc) is 3.34. The number of aromatic nitrogens is 3. The molecule has 1 saturated heterocycles. The van der Waals surface area contributed by atoms with Crippen LogP contribution in [0.25, 0.3) is 5.82 Å². The van der Waals surface area contributed by atoms with Crippen molar-refractivity contribution in [3.8, 4) is 17.3 Å². The molecular formula is C21H21N5O3. The second-order valence-electron chi connectivity index (χ2n) is 6.93. The molecule has 0 atom stereocenters. The van der Waals surface area contributed by atoms with E-state index >= 15 is 0 Å². The molecule has 2 aromatic heterocycles. The Balaban J connectivity index is 1.29. The number of fused-ring (bicyclic) bond motifs is 1. The van der Waals surface area contributed by atoms with Crippen molar-refractivity contribution in [3.63, 3.8) is 0 Å². The van der Waals surface area contributed by atoms with E-state index in [-0.39, 0.29) is 5.91 Å². The van der Waals surface area contributed by atoms with Gasteiger partial charge in [-0.15, -0.1) is 0 Å². The zero-order valence-electron chi connectivity index (χ0n) is 15.9. The predicted molar refractivity (Wildman–Crippen MR) is 107 cm³/mol. The van der Waals surface area contributed by atoms with Gasteiger partial charge in [0, 0.05) is 44.6 Å². The van der Waals surface area contributed by atoms with E-state index in [1.165, 1.54) is 0 Å². The predicted octanol–water partition coefficient (Wildman–Crippen LogP) is 2.00. The van der Waals surface area contributed by atoms with Crippen LogP contribution >= 0.6 is 0 Å². The number of piperazine rings is 1. The number of benzene rings is 1. The normalized spacial score (nSPS) is 16.0. The Labute approximate surface area is 168 Å². The van der Waals surface area contributed by atoms with Crippen LogP contribution in [0.5, 0.6) is 11.5 Å². The molecule has 8 heteroatoms. The van der Waals surface area contributed by atoms with Crippen LogP contribution in [0.15, 0.2) is 55.1 Å². The van der Waals surface area contributed by atoms with Crippen molar-refractivity contribution in [2.75, 3.05) is 44.3 Å². The van der Waals surface area contributed by atoms with Gasteiger partial charge in [-0.25, -0.2) is 9.97 Å². The monoisotopic (exact) mass is 391 g/mol. The molecule has 1 fully saturated rings. The molecule has 0 spiro atoms. The summed E-state index contributed by atoms with van der Waals surface area (Å²) in [7, 11) is 0. The standard InChI is InChI=1S/C21H21N5O3/c27-21(16-4-3-5-17-20(16)29-13-12-28-17)26-10-8-25(9-11-26)19-14-18(22-15-23-19)24-6-1-2-7-24/h1-7,14-15H,8-13H2. The van der Waals surface area contributed by atoms with Crippen LogP contribution in [0.3, 0.4) is 0 Å². The van der Waals surface area contributed by atoms with E-state index in [1.807, 2.05) is 52.2 Å². The lowest BCUT2D eigenvalue weighted by Gasteiger charge is -2.35.